The Morgan fingerprint density at radius 2 is 1.75 bits per heavy atom. The standard InChI is InChI=1S/C28H38N2O6/c1-4-7-13-29(14-8-5-2)25(31)17-30-16-21(19-9-11-22-24(15-19)35-18-34-22)26(28(32)33)27(30)23-12-10-20(6-3)36-23/h9-12,15,21,26-27H,4-8,13-14,16-18H2,1-3H3,(H,32,33). The summed E-state index contributed by atoms with van der Waals surface area (Å²) >= 11 is 0. The van der Waals surface area contributed by atoms with E-state index in [4.69, 9.17) is 13.9 Å². The highest BCUT2D eigenvalue weighted by Gasteiger charge is 2.49. The van der Waals surface area contributed by atoms with E-state index in [2.05, 4.69) is 13.8 Å². The van der Waals surface area contributed by atoms with E-state index >= 15 is 0 Å². The van der Waals surface area contributed by atoms with Crippen molar-refractivity contribution in [3.63, 3.8) is 0 Å². The van der Waals surface area contributed by atoms with E-state index in [1.807, 2.05) is 47.1 Å². The van der Waals surface area contributed by atoms with Crippen LogP contribution in [0.2, 0.25) is 0 Å². The maximum Gasteiger partial charge on any atom is 0.309 e. The van der Waals surface area contributed by atoms with E-state index in [1.54, 1.807) is 0 Å². The number of hydrogen-bond acceptors (Lipinski definition) is 6. The highest BCUT2D eigenvalue weighted by atomic mass is 16.7. The largest absolute Gasteiger partial charge is 0.481 e. The van der Waals surface area contributed by atoms with Crippen LogP contribution in [0.3, 0.4) is 0 Å². The highest BCUT2D eigenvalue weighted by Crippen LogP contribution is 2.48. The van der Waals surface area contributed by atoms with Crippen LogP contribution in [0.25, 0.3) is 0 Å². The summed E-state index contributed by atoms with van der Waals surface area (Å²) in [5, 5.41) is 10.4. The average molecular weight is 499 g/mol. The lowest BCUT2D eigenvalue weighted by Crippen LogP contribution is -2.41. The number of likely N-dealkylation sites (tertiary alicyclic amines) is 1. The van der Waals surface area contributed by atoms with Gasteiger partial charge >= 0.3 is 5.97 Å². The minimum atomic E-state index is -0.902. The zero-order chi connectivity index (χ0) is 25.7. The Morgan fingerprint density at radius 3 is 2.39 bits per heavy atom. The monoisotopic (exact) mass is 498 g/mol. The maximum atomic E-state index is 13.5. The van der Waals surface area contributed by atoms with Crippen molar-refractivity contribution in [2.75, 3.05) is 33.0 Å². The number of ether oxygens (including phenoxy) is 2. The first-order valence-electron chi connectivity index (χ1n) is 13.2. The van der Waals surface area contributed by atoms with Crippen molar-refractivity contribution in [3.8, 4) is 11.5 Å². The molecule has 3 atom stereocenters. The molecule has 8 nitrogen and oxygen atoms in total. The van der Waals surface area contributed by atoms with Crippen LogP contribution in [0, 0.1) is 5.92 Å². The number of amides is 1. The van der Waals surface area contributed by atoms with Gasteiger partial charge in [-0.2, -0.15) is 0 Å². The van der Waals surface area contributed by atoms with Crippen LogP contribution in [0.5, 0.6) is 11.5 Å². The van der Waals surface area contributed by atoms with Gasteiger partial charge in [-0.1, -0.05) is 39.7 Å². The molecule has 1 N–H and O–H groups in total. The Labute approximate surface area is 213 Å². The van der Waals surface area contributed by atoms with E-state index in [9.17, 15) is 14.7 Å². The van der Waals surface area contributed by atoms with Crippen LogP contribution in [0.15, 0.2) is 34.7 Å². The van der Waals surface area contributed by atoms with Gasteiger partial charge in [0.05, 0.1) is 18.5 Å². The molecule has 3 unspecified atom stereocenters. The third kappa shape index (κ3) is 5.53. The molecule has 0 spiro atoms. The topological polar surface area (TPSA) is 92.5 Å². The van der Waals surface area contributed by atoms with Crippen LogP contribution in [-0.4, -0.2) is 59.8 Å². The fourth-order valence-electron chi connectivity index (χ4n) is 5.29. The Kier molecular flexibility index (Phi) is 8.56. The summed E-state index contributed by atoms with van der Waals surface area (Å²) in [6.45, 7) is 8.44. The van der Waals surface area contributed by atoms with Crippen LogP contribution < -0.4 is 9.47 Å². The number of unbranched alkanes of at least 4 members (excludes halogenated alkanes) is 2. The Balaban J connectivity index is 1.66. The van der Waals surface area contributed by atoms with Gasteiger partial charge in [0.1, 0.15) is 11.5 Å². The van der Waals surface area contributed by atoms with Crippen molar-refractivity contribution in [2.45, 2.75) is 64.8 Å². The minimum absolute atomic E-state index is 0.0413. The molecule has 2 aliphatic heterocycles. The molecule has 36 heavy (non-hydrogen) atoms. The molecule has 2 aromatic rings. The van der Waals surface area contributed by atoms with E-state index in [1.165, 1.54) is 0 Å². The lowest BCUT2D eigenvalue weighted by molar-refractivity contribution is -0.144. The van der Waals surface area contributed by atoms with Gasteiger partial charge in [-0.15, -0.1) is 0 Å². The molecule has 0 radical (unpaired) electrons. The summed E-state index contributed by atoms with van der Waals surface area (Å²) in [6.07, 6.45) is 4.66. The SMILES string of the molecule is CCCCN(CCCC)C(=O)CN1CC(c2ccc3c(c2)OCO3)C(C(=O)O)C1c1ccc(CC)o1. The van der Waals surface area contributed by atoms with Crippen molar-refractivity contribution in [3.05, 3.63) is 47.4 Å². The molecule has 8 heteroatoms. The lowest BCUT2D eigenvalue weighted by Gasteiger charge is -2.28. The Hall–Kier alpha value is -3.00. The smallest absolute Gasteiger partial charge is 0.309 e. The van der Waals surface area contributed by atoms with Gasteiger partial charge < -0.3 is 23.9 Å². The van der Waals surface area contributed by atoms with E-state index in [0.29, 0.717) is 23.8 Å². The number of carboxylic acid groups (broad SMARTS) is 1. The Bertz CT molecular complexity index is 1040. The number of hydrogen-bond donors (Lipinski definition) is 1. The molecular weight excluding hydrogens is 460 g/mol. The molecule has 1 aromatic heterocycles. The van der Waals surface area contributed by atoms with Gasteiger partial charge in [-0.25, -0.2) is 0 Å². The third-order valence-corrected chi connectivity index (χ3v) is 7.28. The predicted molar refractivity (Wildman–Crippen MR) is 135 cm³/mol. The number of carbonyl (C=O) groups excluding carboxylic acids is 1. The molecule has 0 aliphatic carbocycles. The van der Waals surface area contributed by atoms with Gasteiger partial charge in [0, 0.05) is 32.0 Å². The summed E-state index contributed by atoms with van der Waals surface area (Å²) < 4.78 is 17.1. The number of aliphatic carboxylic acids is 1. The van der Waals surface area contributed by atoms with Gasteiger partial charge in [-0.3, -0.25) is 14.5 Å². The van der Waals surface area contributed by atoms with Crippen molar-refractivity contribution in [1.82, 2.24) is 9.80 Å². The third-order valence-electron chi connectivity index (χ3n) is 7.28. The summed E-state index contributed by atoms with van der Waals surface area (Å²) in [7, 11) is 0. The van der Waals surface area contributed by atoms with Gasteiger partial charge in [-0.05, 0) is 42.7 Å². The first kappa shape index (κ1) is 26.1. The fourth-order valence-corrected chi connectivity index (χ4v) is 5.29. The molecule has 196 valence electrons. The normalized spacial score (nSPS) is 21.1. The molecule has 1 saturated heterocycles. The van der Waals surface area contributed by atoms with Gasteiger partial charge in [0.25, 0.3) is 0 Å². The highest BCUT2D eigenvalue weighted by molar-refractivity contribution is 5.79. The molecule has 0 bridgehead atoms. The molecule has 4 rings (SSSR count). The quantitative estimate of drug-likeness (QED) is 0.448. The molecule has 0 saturated carbocycles. The molecule has 3 heterocycles. The van der Waals surface area contributed by atoms with Crippen LogP contribution >= 0.6 is 0 Å². The molecule has 2 aliphatic rings. The van der Waals surface area contributed by atoms with Gasteiger partial charge in [0.2, 0.25) is 12.7 Å². The number of carboxylic acids is 1. The zero-order valence-corrected chi connectivity index (χ0v) is 21.6. The molecule has 1 fully saturated rings. The number of nitrogens with zero attached hydrogens (tertiary/aromatic N) is 2. The zero-order valence-electron chi connectivity index (χ0n) is 21.6. The predicted octanol–water partition coefficient (Wildman–Crippen LogP) is 4.84. The van der Waals surface area contributed by atoms with E-state index < -0.39 is 17.9 Å². The number of furan rings is 1. The summed E-state index contributed by atoms with van der Waals surface area (Å²) in [6, 6.07) is 8.84. The second-order valence-corrected chi connectivity index (χ2v) is 9.70. The second-order valence-electron chi connectivity index (χ2n) is 9.70. The van der Waals surface area contributed by atoms with Crippen LogP contribution in [-0.2, 0) is 16.0 Å². The lowest BCUT2D eigenvalue weighted by atomic mass is 9.84. The number of aryl methyl sites for hydroxylation is 1. The van der Waals surface area contributed by atoms with Crippen LogP contribution in [0.1, 0.15) is 75.5 Å². The van der Waals surface area contributed by atoms with Gasteiger partial charge in [0.15, 0.2) is 11.5 Å². The average Bonchev–Trinajstić information content (AvgIpc) is 3.61. The maximum absolute atomic E-state index is 13.5. The number of fused-ring (bicyclic) bond motifs is 1. The number of benzene rings is 1. The second kappa shape index (κ2) is 11.8. The van der Waals surface area contributed by atoms with Crippen molar-refractivity contribution >= 4 is 11.9 Å². The van der Waals surface area contributed by atoms with Crippen molar-refractivity contribution in [1.29, 1.82) is 0 Å². The molecule has 1 aromatic carbocycles. The first-order chi connectivity index (χ1) is 17.5. The van der Waals surface area contributed by atoms with Crippen LogP contribution in [0.4, 0.5) is 0 Å². The summed E-state index contributed by atoms with van der Waals surface area (Å²) in [5.41, 5.74) is 0.864. The first-order valence-corrected chi connectivity index (χ1v) is 13.2. The van der Waals surface area contributed by atoms with Crippen molar-refractivity contribution in [2.24, 2.45) is 5.92 Å². The fraction of sp³-hybridized carbons (Fsp3) is 0.571. The number of rotatable bonds is 12. The Morgan fingerprint density at radius 1 is 1.03 bits per heavy atom. The summed E-state index contributed by atoms with van der Waals surface area (Å²) in [4.78, 5) is 30.1. The van der Waals surface area contributed by atoms with E-state index in [0.717, 1.165) is 56.5 Å². The minimum Gasteiger partial charge on any atom is -0.481 e. The summed E-state index contributed by atoms with van der Waals surface area (Å²) in [5.74, 6) is 0.732. The number of carbonyl (C=O) groups is 2. The van der Waals surface area contributed by atoms with Crippen molar-refractivity contribution < 1.29 is 28.6 Å². The molecular formula is C28H38N2O6. The van der Waals surface area contributed by atoms with E-state index in [-0.39, 0.29) is 25.2 Å². The molecule has 1 amide bonds.